The van der Waals surface area contributed by atoms with Gasteiger partial charge in [0.25, 0.3) is 0 Å². The Kier molecular flexibility index (Phi) is 6.19. The molecule has 0 saturated carbocycles. The van der Waals surface area contributed by atoms with Crippen molar-refractivity contribution in [2.24, 2.45) is 0 Å². The Balaban J connectivity index is 1.24. The highest BCUT2D eigenvalue weighted by molar-refractivity contribution is 7.15. The number of ketones is 1. The molecular formula is C24H20Cl2N4O2S. The van der Waals surface area contributed by atoms with Crippen LogP contribution in [0.1, 0.15) is 47.2 Å². The molecule has 0 fully saturated rings. The number of aromatic nitrogens is 3. The minimum absolute atomic E-state index is 0.0306. The highest BCUT2D eigenvalue weighted by atomic mass is 35.5. The second-order valence-electron chi connectivity index (χ2n) is 8.04. The Labute approximate surface area is 204 Å². The lowest BCUT2D eigenvalue weighted by Crippen LogP contribution is -2.15. The van der Waals surface area contributed by atoms with Crippen molar-refractivity contribution in [1.82, 2.24) is 14.6 Å². The maximum Gasteiger partial charge on any atom is 0.250 e. The number of fused-ring (bicyclic) bond motifs is 2. The van der Waals surface area contributed by atoms with E-state index in [4.69, 9.17) is 23.2 Å². The van der Waals surface area contributed by atoms with Crippen LogP contribution in [0.2, 0.25) is 10.0 Å². The number of halogens is 2. The van der Waals surface area contributed by atoms with Gasteiger partial charge < -0.3 is 0 Å². The number of hydrogen-bond donors (Lipinski definition) is 1. The molecule has 1 N–H and O–H groups in total. The number of hydrogen-bond acceptors (Lipinski definition) is 5. The predicted molar refractivity (Wildman–Crippen MR) is 132 cm³/mol. The normalized spacial score (nSPS) is 13.2. The van der Waals surface area contributed by atoms with Gasteiger partial charge in [-0.1, -0.05) is 35.3 Å². The fraction of sp³-hybridized carbons (Fsp3) is 0.250. The van der Waals surface area contributed by atoms with E-state index in [2.05, 4.69) is 15.4 Å². The molecule has 5 rings (SSSR count). The van der Waals surface area contributed by atoms with Crippen molar-refractivity contribution in [2.75, 3.05) is 5.32 Å². The quantitative estimate of drug-likeness (QED) is 0.319. The van der Waals surface area contributed by atoms with E-state index >= 15 is 0 Å². The molecule has 0 unspecified atom stereocenters. The van der Waals surface area contributed by atoms with Crippen molar-refractivity contribution in [1.29, 1.82) is 0 Å². The summed E-state index contributed by atoms with van der Waals surface area (Å²) < 4.78 is 1.63. The van der Waals surface area contributed by atoms with Crippen LogP contribution >= 0.6 is 34.5 Å². The molecule has 0 radical (unpaired) electrons. The van der Waals surface area contributed by atoms with Crippen molar-refractivity contribution >= 4 is 57.1 Å². The van der Waals surface area contributed by atoms with Gasteiger partial charge in [-0.3, -0.25) is 14.9 Å². The summed E-state index contributed by atoms with van der Waals surface area (Å²) in [5.41, 5.74) is 4.79. The van der Waals surface area contributed by atoms with Crippen LogP contribution < -0.4 is 5.32 Å². The molecule has 0 atom stereocenters. The minimum atomic E-state index is -0.300. The number of aryl methyl sites for hydroxylation is 2. The SMILES string of the molecule is O=C(CCC(=O)c1ccc2c(c1)CCCC2)Nc1nc2scc(-c3ccc(Cl)cc3Cl)n2n1. The van der Waals surface area contributed by atoms with Gasteiger partial charge in [0.15, 0.2) is 5.78 Å². The highest BCUT2D eigenvalue weighted by Gasteiger charge is 2.17. The zero-order valence-corrected chi connectivity index (χ0v) is 19.9. The number of rotatable bonds is 6. The van der Waals surface area contributed by atoms with E-state index in [-0.39, 0.29) is 30.5 Å². The second kappa shape index (κ2) is 9.25. The number of Topliss-reactive ketones (excluding diaryl/α,β-unsaturated/α-hetero) is 1. The van der Waals surface area contributed by atoms with Crippen molar-refractivity contribution in [2.45, 2.75) is 38.5 Å². The molecule has 1 amide bonds. The molecular weight excluding hydrogens is 479 g/mol. The minimum Gasteiger partial charge on any atom is -0.294 e. The molecule has 2 aromatic heterocycles. The molecule has 2 aromatic carbocycles. The number of amides is 1. The van der Waals surface area contributed by atoms with Crippen molar-refractivity contribution in [3.05, 3.63) is 68.5 Å². The Morgan fingerprint density at radius 2 is 1.85 bits per heavy atom. The summed E-state index contributed by atoms with van der Waals surface area (Å²) in [6, 6.07) is 11.2. The van der Waals surface area contributed by atoms with Gasteiger partial charge in [0.2, 0.25) is 16.8 Å². The number of anilines is 1. The number of thiazole rings is 1. The summed E-state index contributed by atoms with van der Waals surface area (Å²) in [6.07, 6.45) is 4.66. The van der Waals surface area contributed by atoms with Gasteiger partial charge in [0, 0.05) is 34.4 Å². The first-order valence-electron chi connectivity index (χ1n) is 10.7. The van der Waals surface area contributed by atoms with E-state index in [1.807, 2.05) is 29.6 Å². The van der Waals surface area contributed by atoms with Gasteiger partial charge in [-0.2, -0.15) is 4.98 Å². The van der Waals surface area contributed by atoms with Gasteiger partial charge in [0.1, 0.15) is 0 Å². The first-order valence-corrected chi connectivity index (χ1v) is 12.4. The van der Waals surface area contributed by atoms with Gasteiger partial charge in [-0.15, -0.1) is 16.4 Å². The lowest BCUT2D eigenvalue weighted by molar-refractivity contribution is -0.116. The molecule has 6 nitrogen and oxygen atoms in total. The largest absolute Gasteiger partial charge is 0.294 e. The molecule has 2 heterocycles. The molecule has 1 aliphatic rings. The van der Waals surface area contributed by atoms with E-state index < -0.39 is 0 Å². The average molecular weight is 499 g/mol. The maximum atomic E-state index is 12.6. The molecule has 4 aromatic rings. The van der Waals surface area contributed by atoms with Crippen LogP contribution in [0.15, 0.2) is 41.8 Å². The number of carbonyl (C=O) groups is 2. The van der Waals surface area contributed by atoms with Crippen LogP contribution in [-0.2, 0) is 17.6 Å². The molecule has 0 spiro atoms. The Morgan fingerprint density at radius 1 is 1.03 bits per heavy atom. The van der Waals surface area contributed by atoms with Crippen LogP contribution in [0, 0.1) is 0 Å². The molecule has 168 valence electrons. The van der Waals surface area contributed by atoms with E-state index in [1.54, 1.807) is 16.6 Å². The smallest absolute Gasteiger partial charge is 0.250 e. The highest BCUT2D eigenvalue weighted by Crippen LogP contribution is 2.33. The summed E-state index contributed by atoms with van der Waals surface area (Å²) >= 11 is 13.7. The number of carbonyl (C=O) groups excluding carboxylic acids is 2. The summed E-state index contributed by atoms with van der Waals surface area (Å²) in [5, 5.41) is 10.0. The molecule has 9 heteroatoms. The third kappa shape index (κ3) is 4.67. The molecule has 1 aliphatic carbocycles. The number of benzene rings is 2. The van der Waals surface area contributed by atoms with Crippen molar-refractivity contribution in [3.8, 4) is 11.3 Å². The molecule has 0 aliphatic heterocycles. The molecule has 0 saturated heterocycles. The summed E-state index contributed by atoms with van der Waals surface area (Å²) in [6.45, 7) is 0. The Morgan fingerprint density at radius 3 is 2.67 bits per heavy atom. The fourth-order valence-electron chi connectivity index (χ4n) is 4.08. The van der Waals surface area contributed by atoms with Crippen LogP contribution in [0.3, 0.4) is 0 Å². The average Bonchev–Trinajstić information content (AvgIpc) is 3.37. The fourth-order valence-corrected chi connectivity index (χ4v) is 5.41. The van der Waals surface area contributed by atoms with Gasteiger partial charge in [-0.25, -0.2) is 4.52 Å². The van der Waals surface area contributed by atoms with Crippen molar-refractivity contribution in [3.63, 3.8) is 0 Å². The Hall–Kier alpha value is -2.74. The van der Waals surface area contributed by atoms with Crippen LogP contribution in [-0.4, -0.2) is 26.3 Å². The van der Waals surface area contributed by atoms with E-state index in [0.717, 1.165) is 30.5 Å². The first kappa shape index (κ1) is 22.1. The predicted octanol–water partition coefficient (Wildman–Crippen LogP) is 6.25. The number of nitrogens with zero attached hydrogens (tertiary/aromatic N) is 3. The first-order chi connectivity index (χ1) is 16.0. The van der Waals surface area contributed by atoms with Gasteiger partial charge in [0.05, 0.1) is 10.7 Å². The van der Waals surface area contributed by atoms with Gasteiger partial charge >= 0.3 is 0 Å². The zero-order valence-electron chi connectivity index (χ0n) is 17.6. The third-order valence-electron chi connectivity index (χ3n) is 5.79. The maximum absolute atomic E-state index is 12.6. The molecule has 33 heavy (non-hydrogen) atoms. The zero-order chi connectivity index (χ0) is 22.9. The number of nitrogens with one attached hydrogen (secondary N) is 1. The molecule has 0 bridgehead atoms. The van der Waals surface area contributed by atoms with E-state index in [1.165, 1.54) is 28.9 Å². The van der Waals surface area contributed by atoms with E-state index in [0.29, 0.717) is 20.6 Å². The lowest BCUT2D eigenvalue weighted by atomic mass is 9.89. The summed E-state index contributed by atoms with van der Waals surface area (Å²) in [5.74, 6) is -0.137. The monoisotopic (exact) mass is 498 g/mol. The topological polar surface area (TPSA) is 76.4 Å². The Bertz CT molecular complexity index is 1380. The van der Waals surface area contributed by atoms with Crippen LogP contribution in [0.4, 0.5) is 5.95 Å². The van der Waals surface area contributed by atoms with Gasteiger partial charge in [-0.05, 0) is 61.1 Å². The van der Waals surface area contributed by atoms with Crippen LogP contribution in [0.25, 0.3) is 16.2 Å². The standard InChI is InChI=1S/C24H20Cl2N4O2S/c25-17-7-8-18(19(26)12-17)20-13-33-24-28-23(29-30(20)24)27-22(32)10-9-21(31)16-6-5-14-3-1-2-4-15(14)11-16/h5-8,11-13H,1-4,9-10H2,(H,27,29,32). The lowest BCUT2D eigenvalue weighted by Gasteiger charge is -2.16. The van der Waals surface area contributed by atoms with Crippen molar-refractivity contribution < 1.29 is 9.59 Å². The van der Waals surface area contributed by atoms with E-state index in [9.17, 15) is 9.59 Å². The summed E-state index contributed by atoms with van der Waals surface area (Å²) in [7, 11) is 0. The van der Waals surface area contributed by atoms with Crippen LogP contribution in [0.5, 0.6) is 0 Å². The third-order valence-corrected chi connectivity index (χ3v) is 7.15. The second-order valence-corrected chi connectivity index (χ2v) is 9.72. The summed E-state index contributed by atoms with van der Waals surface area (Å²) in [4.78, 5) is 30.0.